The molecule has 1 aromatic heterocycles. The number of sulfone groups is 1. The second kappa shape index (κ2) is 6.09. The molecule has 0 spiro atoms. The van der Waals surface area contributed by atoms with E-state index in [2.05, 4.69) is 5.10 Å². The lowest BCUT2D eigenvalue weighted by atomic mass is 10.3. The summed E-state index contributed by atoms with van der Waals surface area (Å²) in [5, 5.41) is 3.95. The molecule has 0 aliphatic rings. The van der Waals surface area contributed by atoms with Gasteiger partial charge in [0.05, 0.1) is 29.1 Å². The van der Waals surface area contributed by atoms with Crippen LogP contribution in [0.2, 0.25) is 0 Å². The van der Waals surface area contributed by atoms with Gasteiger partial charge in [-0.25, -0.2) is 13.2 Å². The molecule has 112 valence electrons. The molecule has 0 radical (unpaired) electrons. The van der Waals surface area contributed by atoms with Crippen molar-refractivity contribution in [2.24, 2.45) is 7.05 Å². The van der Waals surface area contributed by atoms with Crippen LogP contribution in [0, 0.1) is 0 Å². The maximum absolute atomic E-state index is 12.4. The molecule has 6 nitrogen and oxygen atoms in total. The van der Waals surface area contributed by atoms with Gasteiger partial charge in [0.25, 0.3) is 0 Å². The van der Waals surface area contributed by atoms with Crippen LogP contribution in [-0.2, 0) is 27.4 Å². The molecule has 0 atom stereocenters. The van der Waals surface area contributed by atoms with Crippen LogP contribution in [0.3, 0.4) is 0 Å². The highest BCUT2D eigenvalue weighted by Gasteiger charge is 2.23. The minimum atomic E-state index is -3.55. The van der Waals surface area contributed by atoms with Gasteiger partial charge in [-0.1, -0.05) is 18.2 Å². The van der Waals surface area contributed by atoms with Crippen LogP contribution in [0.25, 0.3) is 0 Å². The van der Waals surface area contributed by atoms with Crippen LogP contribution in [0.5, 0.6) is 0 Å². The molecule has 0 amide bonds. The van der Waals surface area contributed by atoms with Gasteiger partial charge < -0.3 is 4.74 Å². The van der Waals surface area contributed by atoms with Crippen molar-refractivity contribution in [3.8, 4) is 0 Å². The van der Waals surface area contributed by atoms with Crippen molar-refractivity contribution in [1.82, 2.24) is 9.78 Å². The lowest BCUT2D eigenvalue weighted by molar-refractivity contribution is 0.0525. The van der Waals surface area contributed by atoms with Crippen molar-refractivity contribution in [2.75, 3.05) is 6.61 Å². The Kier molecular flexibility index (Phi) is 4.42. The average molecular weight is 308 g/mol. The van der Waals surface area contributed by atoms with E-state index in [1.54, 1.807) is 32.2 Å². The fourth-order valence-electron chi connectivity index (χ4n) is 1.90. The zero-order chi connectivity index (χ0) is 15.5. The summed E-state index contributed by atoms with van der Waals surface area (Å²) in [4.78, 5) is 12.0. The predicted octanol–water partition coefficient (Wildman–Crippen LogP) is 1.57. The Bertz CT molecular complexity index is 736. The molecule has 0 fully saturated rings. The number of hydrogen-bond donors (Lipinski definition) is 0. The summed E-state index contributed by atoms with van der Waals surface area (Å²) >= 11 is 0. The van der Waals surface area contributed by atoms with Gasteiger partial charge in [-0.2, -0.15) is 5.10 Å². The van der Waals surface area contributed by atoms with Gasteiger partial charge in [0.15, 0.2) is 9.84 Å². The third kappa shape index (κ3) is 3.30. The lowest BCUT2D eigenvalue weighted by Gasteiger charge is -2.07. The van der Waals surface area contributed by atoms with Crippen molar-refractivity contribution < 1.29 is 17.9 Å². The summed E-state index contributed by atoms with van der Waals surface area (Å²) in [6.45, 7) is 1.91. The number of benzene rings is 1. The van der Waals surface area contributed by atoms with Gasteiger partial charge >= 0.3 is 5.97 Å². The third-order valence-electron chi connectivity index (χ3n) is 2.99. The summed E-state index contributed by atoms with van der Waals surface area (Å²) < 4.78 is 31.1. The summed E-state index contributed by atoms with van der Waals surface area (Å²) in [6, 6.07) is 8.10. The first-order valence-electron chi connectivity index (χ1n) is 6.41. The van der Waals surface area contributed by atoms with E-state index in [0.29, 0.717) is 5.69 Å². The van der Waals surface area contributed by atoms with E-state index in [9.17, 15) is 13.2 Å². The molecule has 2 aromatic rings. The minimum absolute atomic E-state index is 0.179. The van der Waals surface area contributed by atoms with Crippen LogP contribution >= 0.6 is 0 Å². The Labute approximate surface area is 123 Å². The molecule has 21 heavy (non-hydrogen) atoms. The zero-order valence-electron chi connectivity index (χ0n) is 11.8. The highest BCUT2D eigenvalue weighted by Crippen LogP contribution is 2.19. The maximum Gasteiger partial charge on any atom is 0.341 e. The monoisotopic (exact) mass is 308 g/mol. The summed E-state index contributed by atoms with van der Waals surface area (Å²) in [6.07, 6.45) is 1.33. The van der Waals surface area contributed by atoms with Gasteiger partial charge in [-0.15, -0.1) is 0 Å². The number of esters is 1. The van der Waals surface area contributed by atoms with Crippen LogP contribution in [0.1, 0.15) is 23.0 Å². The number of ether oxygens (including phenoxy) is 1. The van der Waals surface area contributed by atoms with E-state index in [1.165, 1.54) is 23.0 Å². The molecule has 7 heteroatoms. The number of rotatable bonds is 5. The SMILES string of the molecule is CCOC(=O)c1cnn(C)c1CS(=O)(=O)c1ccccc1. The molecule has 0 N–H and O–H groups in total. The molecule has 1 aromatic carbocycles. The number of carbonyl (C=O) groups excluding carboxylic acids is 1. The smallest absolute Gasteiger partial charge is 0.341 e. The number of aryl methyl sites for hydroxylation is 1. The number of hydrogen-bond acceptors (Lipinski definition) is 5. The zero-order valence-corrected chi connectivity index (χ0v) is 12.6. The molecule has 0 saturated carbocycles. The van der Waals surface area contributed by atoms with E-state index in [0.717, 1.165) is 0 Å². The van der Waals surface area contributed by atoms with Crippen LogP contribution < -0.4 is 0 Å². The fourth-order valence-corrected chi connectivity index (χ4v) is 3.35. The molecular formula is C14H16N2O4S. The Morgan fingerprint density at radius 3 is 2.57 bits per heavy atom. The molecule has 0 saturated heterocycles. The second-order valence-electron chi connectivity index (χ2n) is 4.42. The van der Waals surface area contributed by atoms with Crippen LogP contribution in [0.15, 0.2) is 41.4 Å². The van der Waals surface area contributed by atoms with Crippen molar-refractivity contribution in [2.45, 2.75) is 17.6 Å². The van der Waals surface area contributed by atoms with Crippen molar-refractivity contribution in [3.63, 3.8) is 0 Å². The second-order valence-corrected chi connectivity index (χ2v) is 6.41. The Hall–Kier alpha value is -2.15. The minimum Gasteiger partial charge on any atom is -0.462 e. The first-order chi connectivity index (χ1) is 9.95. The number of aromatic nitrogens is 2. The molecule has 0 unspecified atom stereocenters. The van der Waals surface area contributed by atoms with E-state index in [4.69, 9.17) is 4.74 Å². The third-order valence-corrected chi connectivity index (χ3v) is 4.63. The van der Waals surface area contributed by atoms with Gasteiger partial charge in [-0.05, 0) is 19.1 Å². The summed E-state index contributed by atoms with van der Waals surface area (Å²) in [5.41, 5.74) is 0.496. The van der Waals surface area contributed by atoms with E-state index < -0.39 is 15.8 Å². The quantitative estimate of drug-likeness (QED) is 0.783. The molecule has 2 rings (SSSR count). The Morgan fingerprint density at radius 1 is 1.29 bits per heavy atom. The van der Waals surface area contributed by atoms with Crippen molar-refractivity contribution in [1.29, 1.82) is 0 Å². The van der Waals surface area contributed by atoms with E-state index in [-0.39, 0.29) is 22.8 Å². The van der Waals surface area contributed by atoms with Crippen LogP contribution in [-0.4, -0.2) is 30.8 Å². The highest BCUT2D eigenvalue weighted by atomic mass is 32.2. The Morgan fingerprint density at radius 2 is 1.95 bits per heavy atom. The van der Waals surface area contributed by atoms with E-state index >= 15 is 0 Å². The average Bonchev–Trinajstić information content (AvgIpc) is 2.81. The maximum atomic E-state index is 12.4. The van der Waals surface area contributed by atoms with E-state index in [1.807, 2.05) is 0 Å². The molecular weight excluding hydrogens is 292 g/mol. The molecule has 0 aliphatic carbocycles. The largest absolute Gasteiger partial charge is 0.462 e. The molecule has 1 heterocycles. The summed E-state index contributed by atoms with van der Waals surface area (Å²) in [5.74, 6) is -0.870. The van der Waals surface area contributed by atoms with Gasteiger partial charge in [0, 0.05) is 7.05 Å². The fraction of sp³-hybridized carbons (Fsp3) is 0.286. The van der Waals surface area contributed by atoms with Crippen molar-refractivity contribution in [3.05, 3.63) is 47.8 Å². The number of nitrogens with zero attached hydrogens (tertiary/aromatic N) is 2. The topological polar surface area (TPSA) is 78.3 Å². The normalized spacial score (nSPS) is 11.3. The van der Waals surface area contributed by atoms with Gasteiger partial charge in [0.1, 0.15) is 5.56 Å². The molecule has 0 bridgehead atoms. The Balaban J connectivity index is 2.36. The van der Waals surface area contributed by atoms with Gasteiger partial charge in [-0.3, -0.25) is 4.68 Å². The van der Waals surface area contributed by atoms with Gasteiger partial charge in [0.2, 0.25) is 0 Å². The molecule has 0 aliphatic heterocycles. The standard InChI is InChI=1S/C14H16N2O4S/c1-3-20-14(17)12-9-15-16(2)13(12)10-21(18,19)11-7-5-4-6-8-11/h4-9H,3,10H2,1-2H3. The van der Waals surface area contributed by atoms with Crippen molar-refractivity contribution >= 4 is 15.8 Å². The number of carbonyl (C=O) groups is 1. The van der Waals surface area contributed by atoms with Crippen LogP contribution in [0.4, 0.5) is 0 Å². The first-order valence-corrected chi connectivity index (χ1v) is 8.06. The first kappa shape index (κ1) is 15.2. The lowest BCUT2D eigenvalue weighted by Crippen LogP contribution is -2.14. The summed E-state index contributed by atoms with van der Waals surface area (Å²) in [7, 11) is -1.95. The predicted molar refractivity (Wildman–Crippen MR) is 76.5 cm³/mol. The highest BCUT2D eigenvalue weighted by molar-refractivity contribution is 7.90.